The van der Waals surface area contributed by atoms with Crippen LogP contribution in [0.15, 0.2) is 66.7 Å². The number of likely N-dealkylation sites (tertiary alicyclic amines) is 1. The zero-order valence-electron chi connectivity index (χ0n) is 21.4. The molecule has 3 amide bonds. The summed E-state index contributed by atoms with van der Waals surface area (Å²) in [5.41, 5.74) is 0.121. The molecular weight excluding hydrogens is 535 g/mol. The normalized spacial score (nSPS) is 20.1. The van der Waals surface area contributed by atoms with Crippen LogP contribution in [-0.2, 0) is 21.4 Å². The van der Waals surface area contributed by atoms with E-state index < -0.39 is 46.8 Å². The van der Waals surface area contributed by atoms with Crippen molar-refractivity contribution in [3.05, 3.63) is 101 Å². The van der Waals surface area contributed by atoms with Crippen LogP contribution in [0.5, 0.6) is 0 Å². The molecule has 0 saturated carbocycles. The first kappa shape index (κ1) is 26.1. The second-order valence-corrected chi connectivity index (χ2v) is 10.3. The summed E-state index contributed by atoms with van der Waals surface area (Å²) in [5, 5.41) is 15.3. The van der Waals surface area contributed by atoms with Gasteiger partial charge in [-0.15, -0.1) is 0 Å². The number of benzene rings is 3. The molecule has 3 atom stereocenters. The third kappa shape index (κ3) is 4.37. The molecule has 0 bridgehead atoms. The van der Waals surface area contributed by atoms with Gasteiger partial charge in [0.1, 0.15) is 35.2 Å². The van der Waals surface area contributed by atoms with Crippen LogP contribution in [0.3, 0.4) is 0 Å². The van der Waals surface area contributed by atoms with Gasteiger partial charge in [-0.05, 0) is 47.5 Å². The smallest absolute Gasteiger partial charge is 0.268 e. The average Bonchev–Trinajstić information content (AvgIpc) is 3.66. The quantitative estimate of drug-likeness (QED) is 0.345. The molecule has 3 N–H and O–H groups in total. The van der Waals surface area contributed by atoms with Gasteiger partial charge in [-0.2, -0.15) is 5.26 Å². The summed E-state index contributed by atoms with van der Waals surface area (Å²) in [5.74, 6) is -3.86. The number of anilines is 1. The zero-order valence-corrected chi connectivity index (χ0v) is 21.4. The van der Waals surface area contributed by atoms with Crippen LogP contribution in [0.4, 0.5) is 18.9 Å². The van der Waals surface area contributed by atoms with Crippen molar-refractivity contribution < 1.29 is 27.6 Å². The lowest BCUT2D eigenvalue weighted by atomic mass is 9.80. The Kier molecular flexibility index (Phi) is 6.26. The molecule has 0 unspecified atom stereocenters. The van der Waals surface area contributed by atoms with E-state index in [2.05, 4.69) is 21.7 Å². The summed E-state index contributed by atoms with van der Waals surface area (Å²) >= 11 is 0. The Morgan fingerprint density at radius 3 is 2.61 bits per heavy atom. The van der Waals surface area contributed by atoms with Crippen LogP contribution >= 0.6 is 0 Å². The third-order valence-corrected chi connectivity index (χ3v) is 7.78. The highest BCUT2D eigenvalue weighted by molar-refractivity contribution is 6.07. The highest BCUT2D eigenvalue weighted by atomic mass is 19.1. The van der Waals surface area contributed by atoms with Crippen LogP contribution < -0.4 is 10.6 Å². The average molecular weight is 558 g/mol. The number of halogens is 3. The maximum atomic E-state index is 14.2. The molecule has 8 nitrogen and oxygen atoms in total. The number of nitrogens with zero attached hydrogens (tertiary/aromatic N) is 2. The number of para-hydroxylation sites is 1. The molecule has 2 aliphatic heterocycles. The van der Waals surface area contributed by atoms with Crippen LogP contribution in [0.2, 0.25) is 0 Å². The van der Waals surface area contributed by atoms with Gasteiger partial charge in [-0.25, -0.2) is 13.2 Å². The minimum absolute atomic E-state index is 0.0549. The molecule has 1 aromatic heterocycles. The van der Waals surface area contributed by atoms with Gasteiger partial charge in [0.15, 0.2) is 0 Å². The fraction of sp³-hybridized carbons (Fsp3) is 0.200. The van der Waals surface area contributed by atoms with E-state index in [0.717, 1.165) is 18.2 Å². The predicted octanol–water partition coefficient (Wildman–Crippen LogP) is 3.94. The lowest BCUT2D eigenvalue weighted by molar-refractivity contribution is -0.133. The summed E-state index contributed by atoms with van der Waals surface area (Å²) in [6.07, 6.45) is -0.0883. The van der Waals surface area contributed by atoms with Gasteiger partial charge in [-0.1, -0.05) is 30.3 Å². The molecule has 3 aromatic carbocycles. The number of hydrogen-bond donors (Lipinski definition) is 3. The monoisotopic (exact) mass is 557 g/mol. The zero-order chi connectivity index (χ0) is 28.9. The van der Waals surface area contributed by atoms with Gasteiger partial charge in [0.25, 0.3) is 5.91 Å². The second-order valence-electron chi connectivity index (χ2n) is 10.3. The maximum absolute atomic E-state index is 14.2. The number of carbonyl (C=O) groups is 3. The van der Waals surface area contributed by atoms with Crippen molar-refractivity contribution in [1.29, 1.82) is 5.26 Å². The Morgan fingerprint density at radius 2 is 1.85 bits per heavy atom. The third-order valence-electron chi connectivity index (χ3n) is 7.78. The molecule has 0 aliphatic carbocycles. The number of rotatable bonds is 5. The maximum Gasteiger partial charge on any atom is 0.268 e. The molecule has 3 heterocycles. The fourth-order valence-corrected chi connectivity index (χ4v) is 5.79. The molecule has 206 valence electrons. The fourth-order valence-electron chi connectivity index (χ4n) is 5.79. The number of nitrogens with one attached hydrogen (secondary N) is 3. The molecule has 2 aliphatic rings. The van der Waals surface area contributed by atoms with E-state index in [-0.39, 0.29) is 41.9 Å². The Morgan fingerprint density at radius 1 is 1.07 bits per heavy atom. The lowest BCUT2D eigenvalue weighted by Crippen LogP contribution is -2.51. The minimum Gasteiger partial charge on any atom is -0.348 e. The van der Waals surface area contributed by atoms with Gasteiger partial charge in [0, 0.05) is 30.5 Å². The lowest BCUT2D eigenvalue weighted by Gasteiger charge is -2.27. The van der Waals surface area contributed by atoms with Gasteiger partial charge >= 0.3 is 0 Å². The SMILES string of the molecule is N#C[C@@H]1C[C@@]2(CN1C(=O)[C@H](Cc1cccc(F)c1)NC(=O)c1cc3c(F)ccc(F)c3[nH]1)C(=O)Nc1ccccc12. The van der Waals surface area contributed by atoms with Crippen LogP contribution in [0.1, 0.15) is 28.0 Å². The van der Waals surface area contributed by atoms with E-state index >= 15 is 0 Å². The largest absolute Gasteiger partial charge is 0.348 e. The van der Waals surface area contributed by atoms with Crippen molar-refractivity contribution in [2.24, 2.45) is 0 Å². The molecule has 1 fully saturated rings. The molecule has 11 heteroatoms. The van der Waals surface area contributed by atoms with E-state index in [4.69, 9.17) is 0 Å². The Labute approximate surface area is 231 Å². The number of aromatic nitrogens is 1. The first-order chi connectivity index (χ1) is 19.7. The van der Waals surface area contributed by atoms with Gasteiger partial charge in [0.2, 0.25) is 11.8 Å². The number of aromatic amines is 1. The molecule has 4 aromatic rings. The van der Waals surface area contributed by atoms with Gasteiger partial charge < -0.3 is 20.5 Å². The van der Waals surface area contributed by atoms with Gasteiger partial charge in [-0.3, -0.25) is 14.4 Å². The number of amides is 3. The highest BCUT2D eigenvalue weighted by Gasteiger charge is 2.56. The highest BCUT2D eigenvalue weighted by Crippen LogP contribution is 2.46. The molecule has 1 saturated heterocycles. The molecule has 0 radical (unpaired) electrons. The van der Waals surface area contributed by atoms with Gasteiger partial charge in [0.05, 0.1) is 17.0 Å². The first-order valence-electron chi connectivity index (χ1n) is 12.8. The predicted molar refractivity (Wildman–Crippen MR) is 142 cm³/mol. The molecule has 41 heavy (non-hydrogen) atoms. The van der Waals surface area contributed by atoms with Crippen molar-refractivity contribution in [3.63, 3.8) is 0 Å². The number of hydrogen-bond acceptors (Lipinski definition) is 4. The Hall–Kier alpha value is -5.11. The summed E-state index contributed by atoms with van der Waals surface area (Å²) < 4.78 is 42.5. The van der Waals surface area contributed by atoms with Crippen LogP contribution in [-0.4, -0.2) is 46.2 Å². The topological polar surface area (TPSA) is 118 Å². The summed E-state index contributed by atoms with van der Waals surface area (Å²) in [4.78, 5) is 44.3. The van der Waals surface area contributed by atoms with Crippen LogP contribution in [0.25, 0.3) is 10.9 Å². The Balaban J connectivity index is 1.34. The van der Waals surface area contributed by atoms with Crippen molar-refractivity contribution >= 4 is 34.3 Å². The molecular formula is C30H22F3N5O3. The standard InChI is InChI=1S/C30H22F3N5O3/c31-17-5-3-4-16(10-17)11-25(36-27(39)24-12-19-21(32)8-9-22(33)26(19)35-24)28(40)38-15-30(13-18(38)14-34)20-6-1-2-7-23(20)37-29(30)41/h1-10,12,18,25,35H,11,13,15H2,(H,36,39)(H,37,41)/t18-,25-,30-/m0/s1. The first-order valence-corrected chi connectivity index (χ1v) is 12.8. The van der Waals surface area contributed by atoms with Crippen molar-refractivity contribution in [3.8, 4) is 6.07 Å². The van der Waals surface area contributed by atoms with Crippen LogP contribution in [0, 0.1) is 28.8 Å². The van der Waals surface area contributed by atoms with E-state index in [1.54, 1.807) is 30.3 Å². The van der Waals surface area contributed by atoms with E-state index in [0.29, 0.717) is 16.8 Å². The molecule has 6 rings (SSSR count). The summed E-state index contributed by atoms with van der Waals surface area (Å²) in [6.45, 7) is -0.106. The van der Waals surface area contributed by atoms with E-state index in [1.807, 2.05) is 0 Å². The van der Waals surface area contributed by atoms with E-state index in [9.17, 15) is 32.8 Å². The number of carbonyl (C=O) groups excluding carboxylic acids is 3. The Bertz CT molecular complexity index is 1740. The molecule has 1 spiro atoms. The van der Waals surface area contributed by atoms with Crippen molar-refractivity contribution in [1.82, 2.24) is 15.2 Å². The number of H-pyrrole nitrogens is 1. The minimum atomic E-state index is -1.30. The summed E-state index contributed by atoms with van der Waals surface area (Å²) in [7, 11) is 0. The van der Waals surface area contributed by atoms with Crippen molar-refractivity contribution in [2.75, 3.05) is 11.9 Å². The summed E-state index contributed by atoms with van der Waals surface area (Å²) in [6, 6.07) is 15.4. The number of nitriles is 1. The van der Waals surface area contributed by atoms with E-state index in [1.165, 1.54) is 23.1 Å². The number of fused-ring (bicyclic) bond motifs is 3. The second kappa shape index (κ2) is 9.82. The van der Waals surface area contributed by atoms with Crippen molar-refractivity contribution in [2.45, 2.75) is 30.3 Å².